The molecular formula is C12H19N5O. The Morgan fingerprint density at radius 1 is 1.44 bits per heavy atom. The first kappa shape index (κ1) is 12.8. The first-order valence-electron chi connectivity index (χ1n) is 6.08. The van der Waals surface area contributed by atoms with E-state index in [2.05, 4.69) is 19.8 Å². The number of nitrogens with two attached hydrogens (primary N) is 1. The lowest BCUT2D eigenvalue weighted by Gasteiger charge is -2.23. The maximum atomic E-state index is 11.4. The van der Waals surface area contributed by atoms with Crippen molar-refractivity contribution in [2.24, 2.45) is 11.7 Å². The van der Waals surface area contributed by atoms with Crippen LogP contribution in [0.15, 0.2) is 12.3 Å². The molecule has 2 N–H and O–H groups in total. The van der Waals surface area contributed by atoms with Crippen LogP contribution in [-0.2, 0) is 4.79 Å². The van der Waals surface area contributed by atoms with Crippen molar-refractivity contribution in [2.75, 3.05) is 38.1 Å². The highest BCUT2D eigenvalue weighted by atomic mass is 16.1. The molecule has 2 heterocycles. The average Bonchev–Trinajstić information content (AvgIpc) is 2.51. The number of hydrogen-bond donors (Lipinski definition) is 1. The van der Waals surface area contributed by atoms with Gasteiger partial charge in [0.15, 0.2) is 0 Å². The van der Waals surface area contributed by atoms with Gasteiger partial charge in [-0.05, 0) is 20.0 Å². The number of nitrogens with zero attached hydrogens (tertiary/aromatic N) is 4. The number of aromatic nitrogens is 2. The van der Waals surface area contributed by atoms with Crippen molar-refractivity contribution >= 4 is 11.7 Å². The third kappa shape index (κ3) is 2.95. The number of likely N-dealkylation sites (N-methyl/N-ethyl adjacent to an activating group) is 1. The van der Waals surface area contributed by atoms with Gasteiger partial charge in [-0.15, -0.1) is 0 Å². The van der Waals surface area contributed by atoms with Crippen LogP contribution in [0.3, 0.4) is 0 Å². The molecule has 1 fully saturated rings. The first-order chi connectivity index (χ1) is 8.56. The number of carbonyl (C=O) groups is 1. The van der Waals surface area contributed by atoms with Gasteiger partial charge < -0.3 is 15.5 Å². The van der Waals surface area contributed by atoms with Gasteiger partial charge in [-0.2, -0.15) is 0 Å². The molecule has 98 valence electrons. The third-order valence-electron chi connectivity index (χ3n) is 3.21. The molecule has 0 bridgehead atoms. The summed E-state index contributed by atoms with van der Waals surface area (Å²) in [5.41, 5.74) is 5.44. The Labute approximate surface area is 107 Å². The summed E-state index contributed by atoms with van der Waals surface area (Å²) in [5, 5.41) is 0. The summed E-state index contributed by atoms with van der Waals surface area (Å²) in [4.78, 5) is 24.2. The Hall–Kier alpha value is -1.69. The molecule has 6 nitrogen and oxygen atoms in total. The summed E-state index contributed by atoms with van der Waals surface area (Å²) < 4.78 is 0. The Balaban J connectivity index is 2.19. The fraction of sp³-hybridized carbons (Fsp3) is 0.583. The van der Waals surface area contributed by atoms with E-state index in [1.54, 1.807) is 6.20 Å². The molecule has 1 saturated heterocycles. The Morgan fingerprint density at radius 2 is 2.22 bits per heavy atom. The van der Waals surface area contributed by atoms with Crippen molar-refractivity contribution < 1.29 is 4.79 Å². The Kier molecular flexibility index (Phi) is 3.76. The van der Waals surface area contributed by atoms with Gasteiger partial charge >= 0.3 is 0 Å². The molecule has 1 aromatic rings. The first-order valence-corrected chi connectivity index (χ1v) is 6.08. The molecule has 2 rings (SSSR count). The van der Waals surface area contributed by atoms with Crippen LogP contribution in [0.5, 0.6) is 0 Å². The van der Waals surface area contributed by atoms with E-state index in [0.29, 0.717) is 13.1 Å². The number of anilines is 1. The van der Waals surface area contributed by atoms with E-state index in [9.17, 15) is 4.79 Å². The summed E-state index contributed by atoms with van der Waals surface area (Å²) in [6.45, 7) is 4.93. The number of primary amides is 1. The van der Waals surface area contributed by atoms with Gasteiger partial charge in [0.05, 0.1) is 5.92 Å². The minimum absolute atomic E-state index is 0.159. The fourth-order valence-corrected chi connectivity index (χ4v) is 2.18. The highest BCUT2D eigenvalue weighted by molar-refractivity contribution is 5.77. The van der Waals surface area contributed by atoms with Crippen molar-refractivity contribution in [3.63, 3.8) is 0 Å². The predicted molar refractivity (Wildman–Crippen MR) is 69.2 cm³/mol. The number of aryl methyl sites for hydroxylation is 1. The number of amides is 1. The van der Waals surface area contributed by atoms with Crippen LogP contribution in [0.2, 0.25) is 0 Å². The maximum Gasteiger partial charge on any atom is 0.223 e. The molecule has 0 radical (unpaired) electrons. The molecule has 18 heavy (non-hydrogen) atoms. The van der Waals surface area contributed by atoms with Crippen LogP contribution in [0.1, 0.15) is 5.82 Å². The van der Waals surface area contributed by atoms with Crippen molar-refractivity contribution in [2.45, 2.75) is 6.92 Å². The van der Waals surface area contributed by atoms with Crippen LogP contribution in [-0.4, -0.2) is 54.0 Å². The van der Waals surface area contributed by atoms with Crippen LogP contribution in [0.4, 0.5) is 5.82 Å². The van der Waals surface area contributed by atoms with Gasteiger partial charge in [0.1, 0.15) is 11.6 Å². The van der Waals surface area contributed by atoms with Crippen LogP contribution >= 0.6 is 0 Å². The third-order valence-corrected chi connectivity index (χ3v) is 3.21. The van der Waals surface area contributed by atoms with Crippen molar-refractivity contribution in [1.82, 2.24) is 14.9 Å². The molecule has 1 amide bonds. The fourth-order valence-electron chi connectivity index (χ4n) is 2.18. The van der Waals surface area contributed by atoms with Crippen molar-refractivity contribution in [3.8, 4) is 0 Å². The largest absolute Gasteiger partial charge is 0.369 e. The molecular weight excluding hydrogens is 230 g/mol. The summed E-state index contributed by atoms with van der Waals surface area (Å²) >= 11 is 0. The van der Waals surface area contributed by atoms with Crippen LogP contribution in [0.25, 0.3) is 0 Å². The summed E-state index contributed by atoms with van der Waals surface area (Å²) in [7, 11) is 2.00. The van der Waals surface area contributed by atoms with E-state index in [1.165, 1.54) is 0 Å². The minimum Gasteiger partial charge on any atom is -0.369 e. The highest BCUT2D eigenvalue weighted by Gasteiger charge is 2.25. The highest BCUT2D eigenvalue weighted by Crippen LogP contribution is 2.15. The molecule has 0 aliphatic carbocycles. The monoisotopic (exact) mass is 249 g/mol. The predicted octanol–water partition coefficient (Wildman–Crippen LogP) is -0.362. The lowest BCUT2D eigenvalue weighted by Crippen LogP contribution is -2.38. The second kappa shape index (κ2) is 5.30. The number of hydrogen-bond acceptors (Lipinski definition) is 5. The maximum absolute atomic E-state index is 11.4. The molecule has 0 aromatic carbocycles. The van der Waals surface area contributed by atoms with Gasteiger partial charge in [-0.3, -0.25) is 4.79 Å². The van der Waals surface area contributed by atoms with E-state index in [1.807, 2.05) is 20.0 Å². The lowest BCUT2D eigenvalue weighted by molar-refractivity contribution is -0.121. The second-order valence-electron chi connectivity index (χ2n) is 4.77. The second-order valence-corrected chi connectivity index (χ2v) is 4.77. The molecule has 0 spiro atoms. The standard InChI is InChI=1S/C12H19N5O/c1-9-14-4-3-11(15-9)17-6-5-16(2)7-10(8-17)12(13)18/h3-4,10H,5-8H2,1-2H3,(H2,13,18). The topological polar surface area (TPSA) is 75.3 Å². The van der Waals surface area contributed by atoms with Gasteiger partial charge in [0.2, 0.25) is 5.91 Å². The molecule has 1 aliphatic rings. The van der Waals surface area contributed by atoms with Gasteiger partial charge in [0, 0.05) is 32.4 Å². The van der Waals surface area contributed by atoms with Crippen molar-refractivity contribution in [3.05, 3.63) is 18.1 Å². The van der Waals surface area contributed by atoms with Crippen LogP contribution in [0, 0.1) is 12.8 Å². The quantitative estimate of drug-likeness (QED) is 0.774. The van der Waals surface area contributed by atoms with Gasteiger partial charge in [-0.1, -0.05) is 0 Å². The van der Waals surface area contributed by atoms with E-state index < -0.39 is 0 Å². The van der Waals surface area contributed by atoms with Crippen molar-refractivity contribution in [1.29, 1.82) is 0 Å². The molecule has 0 saturated carbocycles. The molecule has 1 aliphatic heterocycles. The summed E-state index contributed by atoms with van der Waals surface area (Å²) in [6, 6.07) is 1.87. The summed E-state index contributed by atoms with van der Waals surface area (Å²) in [5.74, 6) is 1.19. The van der Waals surface area contributed by atoms with E-state index in [0.717, 1.165) is 24.7 Å². The molecule has 1 atom stereocenters. The number of rotatable bonds is 2. The lowest BCUT2D eigenvalue weighted by atomic mass is 10.1. The van der Waals surface area contributed by atoms with E-state index >= 15 is 0 Å². The summed E-state index contributed by atoms with van der Waals surface area (Å²) in [6.07, 6.45) is 1.74. The Bertz CT molecular complexity index is 436. The SMILES string of the molecule is Cc1nccc(N2CCN(C)CC(C(N)=O)C2)n1. The zero-order valence-corrected chi connectivity index (χ0v) is 10.8. The van der Waals surface area contributed by atoms with E-state index in [-0.39, 0.29) is 11.8 Å². The van der Waals surface area contributed by atoms with Crippen LogP contribution < -0.4 is 10.6 Å². The zero-order chi connectivity index (χ0) is 13.1. The minimum atomic E-state index is -0.250. The van der Waals surface area contributed by atoms with Gasteiger partial charge in [-0.25, -0.2) is 9.97 Å². The normalized spacial score (nSPS) is 21.7. The van der Waals surface area contributed by atoms with E-state index in [4.69, 9.17) is 5.73 Å². The molecule has 1 unspecified atom stereocenters. The smallest absolute Gasteiger partial charge is 0.223 e. The number of carbonyl (C=O) groups excluding carboxylic acids is 1. The molecule has 1 aromatic heterocycles. The molecule has 6 heteroatoms. The zero-order valence-electron chi connectivity index (χ0n) is 10.8. The van der Waals surface area contributed by atoms with Gasteiger partial charge in [0.25, 0.3) is 0 Å². The average molecular weight is 249 g/mol. The Morgan fingerprint density at radius 3 is 2.89 bits per heavy atom.